The van der Waals surface area contributed by atoms with E-state index in [1.807, 2.05) is 0 Å². The molecule has 104 valence electrons. The van der Waals surface area contributed by atoms with Gasteiger partial charge in [-0.05, 0) is 37.4 Å². The summed E-state index contributed by atoms with van der Waals surface area (Å²) >= 11 is 0. The molecule has 0 aliphatic heterocycles. The number of nitrogens with zero attached hydrogens (tertiary/aromatic N) is 1. The molecule has 1 aromatic rings. The number of hydrogen-bond donors (Lipinski definition) is 1. The highest BCUT2D eigenvalue weighted by molar-refractivity contribution is 5.39. The van der Waals surface area contributed by atoms with Crippen molar-refractivity contribution in [1.82, 2.24) is 0 Å². The molecule has 0 saturated heterocycles. The Morgan fingerprint density at radius 3 is 2.95 bits per heavy atom. The van der Waals surface area contributed by atoms with E-state index in [2.05, 4.69) is 0 Å². The lowest BCUT2D eigenvalue weighted by Crippen LogP contribution is -2.25. The number of benzene rings is 1. The van der Waals surface area contributed by atoms with Crippen molar-refractivity contribution in [3.05, 3.63) is 39.7 Å². The third-order valence-corrected chi connectivity index (χ3v) is 3.58. The molecule has 6 heteroatoms. The summed E-state index contributed by atoms with van der Waals surface area (Å²) in [6, 6.07) is 3.41. The monoisotopic (exact) mass is 268 g/mol. The summed E-state index contributed by atoms with van der Waals surface area (Å²) in [7, 11) is 0. The van der Waals surface area contributed by atoms with Crippen LogP contribution in [0.25, 0.3) is 0 Å². The van der Waals surface area contributed by atoms with Gasteiger partial charge in [0, 0.05) is 6.07 Å². The van der Waals surface area contributed by atoms with Gasteiger partial charge in [-0.1, -0.05) is 6.42 Å². The normalized spacial score (nSPS) is 22.6. The molecule has 0 bridgehead atoms. The molecule has 1 saturated carbocycles. The van der Waals surface area contributed by atoms with Crippen molar-refractivity contribution in [2.45, 2.75) is 32.0 Å². The van der Waals surface area contributed by atoms with Gasteiger partial charge in [-0.25, -0.2) is 4.39 Å². The van der Waals surface area contributed by atoms with E-state index < -0.39 is 10.7 Å². The minimum Gasteiger partial charge on any atom is -0.373 e. The molecule has 2 rings (SSSR count). The molecule has 1 fully saturated rings. The Bertz CT molecular complexity index is 467. The van der Waals surface area contributed by atoms with Gasteiger partial charge in [0.25, 0.3) is 5.69 Å². The van der Waals surface area contributed by atoms with Crippen molar-refractivity contribution < 1.29 is 14.1 Å². The van der Waals surface area contributed by atoms with Gasteiger partial charge in [-0.15, -0.1) is 0 Å². The Labute approximate surface area is 110 Å². The van der Waals surface area contributed by atoms with E-state index in [1.54, 1.807) is 0 Å². The number of nitro groups is 1. The molecular weight excluding hydrogens is 251 g/mol. The third kappa shape index (κ3) is 3.27. The smallest absolute Gasteiger partial charge is 0.275 e. The Morgan fingerprint density at radius 1 is 1.47 bits per heavy atom. The molecule has 0 spiro atoms. The first kappa shape index (κ1) is 13.9. The second-order valence-corrected chi connectivity index (χ2v) is 4.81. The molecule has 2 N–H and O–H groups in total. The van der Waals surface area contributed by atoms with Crippen molar-refractivity contribution in [2.75, 3.05) is 6.54 Å². The first-order chi connectivity index (χ1) is 9.11. The topological polar surface area (TPSA) is 78.4 Å². The number of nitro benzene ring substituents is 1. The SMILES string of the molecule is NCC1CCCC1OCc1cc(F)ccc1[N+](=O)[O-]. The van der Waals surface area contributed by atoms with E-state index >= 15 is 0 Å². The number of rotatable bonds is 5. The van der Waals surface area contributed by atoms with Crippen LogP contribution in [0, 0.1) is 21.8 Å². The van der Waals surface area contributed by atoms with Crippen molar-refractivity contribution in [3.8, 4) is 0 Å². The lowest BCUT2D eigenvalue weighted by Gasteiger charge is -2.18. The maximum atomic E-state index is 13.2. The van der Waals surface area contributed by atoms with Gasteiger partial charge < -0.3 is 10.5 Å². The minimum absolute atomic E-state index is 0.0212. The first-order valence-corrected chi connectivity index (χ1v) is 6.36. The zero-order chi connectivity index (χ0) is 13.8. The molecule has 5 nitrogen and oxygen atoms in total. The highest BCUT2D eigenvalue weighted by Crippen LogP contribution is 2.29. The lowest BCUT2D eigenvalue weighted by atomic mass is 10.1. The van der Waals surface area contributed by atoms with Crippen LogP contribution in [0.2, 0.25) is 0 Å². The molecule has 1 aliphatic rings. The second-order valence-electron chi connectivity index (χ2n) is 4.81. The average molecular weight is 268 g/mol. The first-order valence-electron chi connectivity index (χ1n) is 6.36. The van der Waals surface area contributed by atoms with Crippen LogP contribution in [0.15, 0.2) is 18.2 Å². The maximum Gasteiger partial charge on any atom is 0.275 e. The zero-order valence-corrected chi connectivity index (χ0v) is 10.5. The number of hydrogen-bond acceptors (Lipinski definition) is 4. The van der Waals surface area contributed by atoms with E-state index in [1.165, 1.54) is 6.07 Å². The predicted molar refractivity (Wildman–Crippen MR) is 68.0 cm³/mol. The number of halogens is 1. The van der Waals surface area contributed by atoms with Crippen molar-refractivity contribution in [1.29, 1.82) is 0 Å². The van der Waals surface area contributed by atoms with Crippen molar-refractivity contribution >= 4 is 5.69 Å². The molecule has 1 aliphatic carbocycles. The third-order valence-electron chi connectivity index (χ3n) is 3.58. The van der Waals surface area contributed by atoms with Gasteiger partial charge in [-0.2, -0.15) is 0 Å². The van der Waals surface area contributed by atoms with Crippen LogP contribution in [-0.4, -0.2) is 17.6 Å². The molecule has 0 amide bonds. The number of nitrogens with two attached hydrogens (primary N) is 1. The lowest BCUT2D eigenvalue weighted by molar-refractivity contribution is -0.386. The molecule has 19 heavy (non-hydrogen) atoms. The van der Waals surface area contributed by atoms with Crippen LogP contribution in [-0.2, 0) is 11.3 Å². The van der Waals surface area contributed by atoms with E-state index in [9.17, 15) is 14.5 Å². The van der Waals surface area contributed by atoms with Crippen molar-refractivity contribution in [2.24, 2.45) is 11.7 Å². The summed E-state index contributed by atoms with van der Waals surface area (Å²) in [6.45, 7) is 0.602. The van der Waals surface area contributed by atoms with Gasteiger partial charge in [0.15, 0.2) is 0 Å². The summed E-state index contributed by atoms with van der Waals surface area (Å²) in [5, 5.41) is 10.9. The van der Waals surface area contributed by atoms with Crippen LogP contribution < -0.4 is 5.73 Å². The average Bonchev–Trinajstić information content (AvgIpc) is 2.83. The van der Waals surface area contributed by atoms with Crippen LogP contribution in [0.5, 0.6) is 0 Å². The van der Waals surface area contributed by atoms with Gasteiger partial charge in [0.2, 0.25) is 0 Å². The van der Waals surface area contributed by atoms with E-state index in [0.717, 1.165) is 31.4 Å². The van der Waals surface area contributed by atoms with E-state index in [4.69, 9.17) is 10.5 Å². The molecular formula is C13H17FN2O3. The zero-order valence-electron chi connectivity index (χ0n) is 10.5. The molecule has 0 heterocycles. The van der Waals surface area contributed by atoms with Gasteiger partial charge in [0.1, 0.15) is 5.82 Å². The Balaban J connectivity index is 2.06. The maximum absolute atomic E-state index is 13.2. The fourth-order valence-corrected chi connectivity index (χ4v) is 2.54. The minimum atomic E-state index is -0.521. The summed E-state index contributed by atoms with van der Waals surface area (Å²) in [5.74, 6) is -0.196. The molecule has 2 unspecified atom stereocenters. The summed E-state index contributed by atoms with van der Waals surface area (Å²) in [5.41, 5.74) is 5.81. The second kappa shape index (κ2) is 6.08. The van der Waals surface area contributed by atoms with Crippen LogP contribution in [0.1, 0.15) is 24.8 Å². The summed E-state index contributed by atoms with van der Waals surface area (Å²) < 4.78 is 18.8. The van der Waals surface area contributed by atoms with Crippen LogP contribution in [0.4, 0.5) is 10.1 Å². The largest absolute Gasteiger partial charge is 0.373 e. The molecule has 1 aromatic carbocycles. The summed E-state index contributed by atoms with van der Waals surface area (Å²) in [6.07, 6.45) is 3.00. The Morgan fingerprint density at radius 2 is 2.26 bits per heavy atom. The fourth-order valence-electron chi connectivity index (χ4n) is 2.54. The highest BCUT2D eigenvalue weighted by Gasteiger charge is 2.27. The van der Waals surface area contributed by atoms with Gasteiger partial charge >= 0.3 is 0 Å². The molecule has 2 atom stereocenters. The van der Waals surface area contributed by atoms with E-state index in [-0.39, 0.29) is 24.0 Å². The Kier molecular flexibility index (Phi) is 4.44. The van der Waals surface area contributed by atoms with Crippen molar-refractivity contribution in [3.63, 3.8) is 0 Å². The predicted octanol–water partition coefficient (Wildman–Crippen LogP) is 2.38. The van der Waals surface area contributed by atoms with E-state index in [0.29, 0.717) is 12.5 Å². The van der Waals surface area contributed by atoms with Gasteiger partial charge in [-0.3, -0.25) is 10.1 Å². The van der Waals surface area contributed by atoms with Crippen LogP contribution in [0.3, 0.4) is 0 Å². The highest BCUT2D eigenvalue weighted by atomic mass is 19.1. The van der Waals surface area contributed by atoms with Gasteiger partial charge in [0.05, 0.1) is 23.2 Å². The standard InChI is InChI=1S/C13H17FN2O3/c14-11-4-5-12(16(17)18)10(6-11)8-19-13-3-1-2-9(13)7-15/h4-6,9,13H,1-3,7-8,15H2. The molecule has 0 radical (unpaired) electrons. The summed E-state index contributed by atoms with van der Waals surface area (Å²) in [4.78, 5) is 10.3. The molecule has 0 aromatic heterocycles. The Hall–Kier alpha value is -1.53. The quantitative estimate of drug-likeness (QED) is 0.657. The van der Waals surface area contributed by atoms with Crippen LogP contribution >= 0.6 is 0 Å². The number of ether oxygens (including phenoxy) is 1. The fraction of sp³-hybridized carbons (Fsp3) is 0.538.